The third-order valence-electron chi connectivity index (χ3n) is 2.67. The predicted octanol–water partition coefficient (Wildman–Crippen LogP) is 2.23. The van der Waals surface area contributed by atoms with Crippen molar-refractivity contribution in [2.24, 2.45) is 12.8 Å². The van der Waals surface area contributed by atoms with Crippen LogP contribution in [0.1, 0.15) is 23.0 Å². The highest BCUT2D eigenvalue weighted by Crippen LogP contribution is 2.36. The van der Waals surface area contributed by atoms with Gasteiger partial charge in [-0.2, -0.15) is 18.0 Å². The molecule has 1 unspecified atom stereocenters. The molecule has 0 saturated heterocycles. The Morgan fingerprint density at radius 2 is 2.10 bits per heavy atom. The normalized spacial score (nSPS) is 13.5. The van der Waals surface area contributed by atoms with E-state index < -0.39 is 17.8 Å². The summed E-state index contributed by atoms with van der Waals surface area (Å²) in [5.74, 6) is 0.302. The van der Waals surface area contributed by atoms with E-state index in [4.69, 9.17) is 5.73 Å². The predicted molar refractivity (Wildman–Crippen MR) is 68.6 cm³/mol. The fraction of sp³-hybridized carbons (Fsp3) is 0.364. The molecular weight excluding hydrogens is 339 g/mol. The lowest BCUT2D eigenvalue weighted by molar-refractivity contribution is -0.138. The zero-order valence-corrected chi connectivity index (χ0v) is 12.0. The Morgan fingerprint density at radius 3 is 2.65 bits per heavy atom. The number of rotatable bonds is 3. The van der Waals surface area contributed by atoms with Gasteiger partial charge in [0.1, 0.15) is 0 Å². The van der Waals surface area contributed by atoms with E-state index >= 15 is 0 Å². The van der Waals surface area contributed by atoms with Gasteiger partial charge < -0.3 is 5.73 Å². The average Bonchev–Trinajstić information content (AvgIpc) is 2.73. The summed E-state index contributed by atoms with van der Waals surface area (Å²) >= 11 is 3.03. The minimum atomic E-state index is -4.47. The van der Waals surface area contributed by atoms with Crippen molar-refractivity contribution >= 4 is 15.9 Å². The van der Waals surface area contributed by atoms with Gasteiger partial charge in [0.25, 0.3) is 0 Å². The number of tetrazole rings is 1. The largest absolute Gasteiger partial charge is 0.416 e. The smallest absolute Gasteiger partial charge is 0.324 e. The first-order valence-corrected chi connectivity index (χ1v) is 6.42. The molecule has 1 aromatic carbocycles. The maximum Gasteiger partial charge on any atom is 0.416 e. The lowest BCUT2D eigenvalue weighted by Crippen LogP contribution is -2.20. The van der Waals surface area contributed by atoms with Crippen LogP contribution in [0.15, 0.2) is 22.7 Å². The highest BCUT2D eigenvalue weighted by molar-refractivity contribution is 9.10. The van der Waals surface area contributed by atoms with Gasteiger partial charge in [-0.05, 0) is 22.9 Å². The van der Waals surface area contributed by atoms with E-state index in [0.717, 1.165) is 6.07 Å². The molecule has 9 heteroatoms. The first kappa shape index (κ1) is 14.9. The second kappa shape index (κ2) is 5.49. The van der Waals surface area contributed by atoms with E-state index in [2.05, 4.69) is 31.3 Å². The van der Waals surface area contributed by atoms with E-state index in [9.17, 15) is 13.2 Å². The molecule has 0 amide bonds. The van der Waals surface area contributed by atoms with Crippen molar-refractivity contribution in [1.82, 2.24) is 20.2 Å². The third-order valence-corrected chi connectivity index (χ3v) is 3.17. The number of halogens is 4. The molecule has 0 radical (unpaired) electrons. The number of aromatic nitrogens is 4. The molecule has 0 aliphatic carbocycles. The molecule has 5 nitrogen and oxygen atoms in total. The van der Waals surface area contributed by atoms with Crippen molar-refractivity contribution < 1.29 is 13.2 Å². The molecule has 0 aliphatic rings. The molecule has 1 heterocycles. The topological polar surface area (TPSA) is 69.6 Å². The Balaban J connectivity index is 2.32. The molecule has 0 fully saturated rings. The van der Waals surface area contributed by atoms with Crippen LogP contribution < -0.4 is 5.73 Å². The third kappa shape index (κ3) is 3.34. The summed E-state index contributed by atoms with van der Waals surface area (Å²) in [4.78, 5) is 1.23. The zero-order valence-electron chi connectivity index (χ0n) is 10.4. The Hall–Kier alpha value is -1.48. The number of alkyl halides is 3. The van der Waals surface area contributed by atoms with Crippen LogP contribution in [0.3, 0.4) is 0 Å². The van der Waals surface area contributed by atoms with Crippen LogP contribution in [-0.4, -0.2) is 20.2 Å². The SMILES string of the molecule is Cn1nnc(CC(N)c2ccc(Br)cc2C(F)(F)F)n1. The Labute approximate surface area is 121 Å². The molecule has 108 valence electrons. The Bertz CT molecular complexity index is 610. The first-order chi connectivity index (χ1) is 9.27. The molecule has 1 atom stereocenters. The number of nitrogens with zero attached hydrogens (tertiary/aromatic N) is 4. The Morgan fingerprint density at radius 1 is 1.40 bits per heavy atom. The minimum Gasteiger partial charge on any atom is -0.324 e. The van der Waals surface area contributed by atoms with Crippen molar-refractivity contribution in [3.05, 3.63) is 39.6 Å². The highest BCUT2D eigenvalue weighted by Gasteiger charge is 2.35. The van der Waals surface area contributed by atoms with Gasteiger partial charge in [-0.3, -0.25) is 0 Å². The van der Waals surface area contributed by atoms with Crippen LogP contribution in [0.5, 0.6) is 0 Å². The van der Waals surface area contributed by atoms with Crippen LogP contribution in [0, 0.1) is 0 Å². The fourth-order valence-electron chi connectivity index (χ4n) is 1.81. The van der Waals surface area contributed by atoms with Gasteiger partial charge in [-0.15, -0.1) is 10.2 Å². The van der Waals surface area contributed by atoms with E-state index in [1.165, 1.54) is 16.9 Å². The molecule has 0 bridgehead atoms. The van der Waals surface area contributed by atoms with E-state index in [-0.39, 0.29) is 12.0 Å². The average molecular weight is 350 g/mol. The van der Waals surface area contributed by atoms with Gasteiger partial charge in [-0.1, -0.05) is 22.0 Å². The number of hydrogen-bond donors (Lipinski definition) is 1. The monoisotopic (exact) mass is 349 g/mol. The summed E-state index contributed by atoms with van der Waals surface area (Å²) in [6.07, 6.45) is -4.38. The molecule has 1 aromatic heterocycles. The summed E-state index contributed by atoms with van der Waals surface area (Å²) in [5.41, 5.74) is 5.10. The number of hydrogen-bond acceptors (Lipinski definition) is 4. The van der Waals surface area contributed by atoms with Gasteiger partial charge in [0.2, 0.25) is 0 Å². The van der Waals surface area contributed by atoms with Gasteiger partial charge >= 0.3 is 6.18 Å². The van der Waals surface area contributed by atoms with Gasteiger partial charge in [0, 0.05) is 16.9 Å². The van der Waals surface area contributed by atoms with Crippen molar-refractivity contribution in [2.75, 3.05) is 0 Å². The summed E-state index contributed by atoms with van der Waals surface area (Å²) in [6, 6.07) is 3.03. The second-order valence-corrected chi connectivity index (χ2v) is 5.15. The standard InChI is InChI=1S/C11H11BrF3N5/c1-20-18-10(17-19-20)5-9(16)7-3-2-6(12)4-8(7)11(13,14)15/h2-4,9H,5,16H2,1H3. The Kier molecular flexibility index (Phi) is 4.09. The first-order valence-electron chi connectivity index (χ1n) is 5.62. The van der Waals surface area contributed by atoms with Crippen LogP contribution in [0.25, 0.3) is 0 Å². The lowest BCUT2D eigenvalue weighted by Gasteiger charge is -2.17. The summed E-state index contributed by atoms with van der Waals surface area (Å²) < 4.78 is 39.4. The fourth-order valence-corrected chi connectivity index (χ4v) is 2.17. The van der Waals surface area contributed by atoms with Gasteiger partial charge in [-0.25, -0.2) is 0 Å². The van der Waals surface area contributed by atoms with Crippen LogP contribution in [0.4, 0.5) is 13.2 Å². The highest BCUT2D eigenvalue weighted by atomic mass is 79.9. The second-order valence-electron chi connectivity index (χ2n) is 4.24. The van der Waals surface area contributed by atoms with Crippen molar-refractivity contribution in [3.8, 4) is 0 Å². The molecule has 2 rings (SSSR count). The summed E-state index contributed by atoms with van der Waals surface area (Å²) in [7, 11) is 1.57. The van der Waals surface area contributed by atoms with Crippen molar-refractivity contribution in [3.63, 3.8) is 0 Å². The van der Waals surface area contributed by atoms with Crippen molar-refractivity contribution in [1.29, 1.82) is 0 Å². The number of nitrogens with two attached hydrogens (primary N) is 1. The maximum absolute atomic E-state index is 13.0. The minimum absolute atomic E-state index is 0.00755. The van der Waals surface area contributed by atoms with Crippen molar-refractivity contribution in [2.45, 2.75) is 18.6 Å². The van der Waals surface area contributed by atoms with E-state index in [1.807, 2.05) is 0 Å². The van der Waals surface area contributed by atoms with Crippen LogP contribution in [-0.2, 0) is 19.6 Å². The molecule has 0 aliphatic heterocycles. The molecular formula is C11H11BrF3N5. The van der Waals surface area contributed by atoms with E-state index in [1.54, 1.807) is 7.05 Å². The number of aryl methyl sites for hydroxylation is 1. The molecule has 2 N–H and O–H groups in total. The zero-order chi connectivity index (χ0) is 14.9. The lowest BCUT2D eigenvalue weighted by atomic mass is 9.98. The van der Waals surface area contributed by atoms with Gasteiger partial charge in [0.05, 0.1) is 12.6 Å². The maximum atomic E-state index is 13.0. The summed E-state index contributed by atoms with van der Waals surface area (Å²) in [5, 5.41) is 11.3. The molecule has 20 heavy (non-hydrogen) atoms. The van der Waals surface area contributed by atoms with Crippen LogP contribution in [0.2, 0.25) is 0 Å². The molecule has 0 saturated carbocycles. The number of benzene rings is 1. The van der Waals surface area contributed by atoms with Crippen LogP contribution >= 0.6 is 15.9 Å². The summed E-state index contributed by atoms with van der Waals surface area (Å²) in [6.45, 7) is 0. The molecule has 0 spiro atoms. The van der Waals surface area contributed by atoms with E-state index in [0.29, 0.717) is 10.3 Å². The quantitative estimate of drug-likeness (QED) is 0.922. The molecule has 2 aromatic rings. The van der Waals surface area contributed by atoms with Gasteiger partial charge in [0.15, 0.2) is 5.82 Å².